The number of nitrogens with two attached hydrogens (primary N) is 1. The van der Waals surface area contributed by atoms with Crippen molar-refractivity contribution in [2.45, 2.75) is 11.5 Å². The van der Waals surface area contributed by atoms with Crippen LogP contribution in [-0.4, -0.2) is 30.6 Å². The van der Waals surface area contributed by atoms with E-state index in [1.807, 2.05) is 0 Å². The van der Waals surface area contributed by atoms with Crippen molar-refractivity contribution in [2.75, 3.05) is 7.11 Å². The van der Waals surface area contributed by atoms with Crippen molar-refractivity contribution in [1.82, 2.24) is 10.1 Å². The number of sulfonamides is 1. The monoisotopic (exact) mass is 406 g/mol. The Labute approximate surface area is 158 Å². The SMILES string of the molecule is COc1ccc(-c2nc(COc3ccc(S(N)(=O)=O)cc3[N+](=O)[O-])no2)cc1. The molecule has 0 aliphatic heterocycles. The summed E-state index contributed by atoms with van der Waals surface area (Å²) in [6.45, 7) is -0.227. The van der Waals surface area contributed by atoms with E-state index in [0.29, 0.717) is 11.3 Å². The van der Waals surface area contributed by atoms with E-state index < -0.39 is 25.5 Å². The van der Waals surface area contributed by atoms with Gasteiger partial charge in [0.15, 0.2) is 12.4 Å². The van der Waals surface area contributed by atoms with Crippen molar-refractivity contribution in [3.63, 3.8) is 0 Å². The molecule has 12 heteroatoms. The summed E-state index contributed by atoms with van der Waals surface area (Å²) in [6, 6.07) is 9.99. The number of benzene rings is 2. The fourth-order valence-electron chi connectivity index (χ4n) is 2.24. The summed E-state index contributed by atoms with van der Waals surface area (Å²) in [7, 11) is -2.54. The van der Waals surface area contributed by atoms with Crippen LogP contribution in [0.3, 0.4) is 0 Å². The third-order valence-electron chi connectivity index (χ3n) is 3.62. The van der Waals surface area contributed by atoms with Crippen molar-refractivity contribution >= 4 is 15.7 Å². The number of nitro benzene ring substituents is 1. The Kier molecular flexibility index (Phi) is 5.24. The van der Waals surface area contributed by atoms with E-state index in [1.54, 1.807) is 31.4 Å². The maximum Gasteiger partial charge on any atom is 0.312 e. The molecular weight excluding hydrogens is 392 g/mol. The molecule has 0 unspecified atom stereocenters. The topological polar surface area (TPSA) is 161 Å². The van der Waals surface area contributed by atoms with Gasteiger partial charge in [0.25, 0.3) is 5.89 Å². The van der Waals surface area contributed by atoms with Gasteiger partial charge in [0.05, 0.1) is 16.9 Å². The van der Waals surface area contributed by atoms with Crippen molar-refractivity contribution in [2.24, 2.45) is 5.14 Å². The van der Waals surface area contributed by atoms with Crippen LogP contribution in [0.15, 0.2) is 51.9 Å². The molecular formula is C16H14N4O7S. The second-order valence-corrected chi connectivity index (χ2v) is 7.03. The predicted octanol–water partition coefficient (Wildman–Crippen LogP) is 1.88. The van der Waals surface area contributed by atoms with Crippen LogP contribution in [0.4, 0.5) is 5.69 Å². The second kappa shape index (κ2) is 7.62. The van der Waals surface area contributed by atoms with Crippen LogP contribution in [0.2, 0.25) is 0 Å². The first-order valence-corrected chi connectivity index (χ1v) is 9.23. The molecule has 1 heterocycles. The van der Waals surface area contributed by atoms with E-state index in [0.717, 1.165) is 18.2 Å². The lowest BCUT2D eigenvalue weighted by molar-refractivity contribution is -0.386. The first-order chi connectivity index (χ1) is 13.3. The van der Waals surface area contributed by atoms with Gasteiger partial charge in [-0.05, 0) is 36.4 Å². The highest BCUT2D eigenvalue weighted by Crippen LogP contribution is 2.30. The molecule has 0 aliphatic rings. The minimum atomic E-state index is -4.08. The summed E-state index contributed by atoms with van der Waals surface area (Å²) in [4.78, 5) is 14.2. The first-order valence-electron chi connectivity index (χ1n) is 7.69. The molecule has 1 aromatic heterocycles. The molecule has 0 radical (unpaired) electrons. The minimum absolute atomic E-state index is 0.149. The van der Waals surface area contributed by atoms with Gasteiger partial charge in [0, 0.05) is 11.6 Å². The fourth-order valence-corrected chi connectivity index (χ4v) is 2.78. The Hall–Kier alpha value is -3.51. The zero-order chi connectivity index (χ0) is 20.3. The summed E-state index contributed by atoms with van der Waals surface area (Å²) in [5.41, 5.74) is 0.105. The summed E-state index contributed by atoms with van der Waals surface area (Å²) in [6.07, 6.45) is 0. The molecule has 11 nitrogen and oxygen atoms in total. The summed E-state index contributed by atoms with van der Waals surface area (Å²) >= 11 is 0. The van der Waals surface area contributed by atoms with Crippen molar-refractivity contribution in [3.05, 3.63) is 58.4 Å². The molecule has 3 aromatic rings. The van der Waals surface area contributed by atoms with Gasteiger partial charge >= 0.3 is 5.69 Å². The van der Waals surface area contributed by atoms with Crippen LogP contribution in [0, 0.1) is 10.1 Å². The van der Waals surface area contributed by atoms with E-state index in [4.69, 9.17) is 19.1 Å². The standard InChI is InChI=1S/C16H14N4O7S/c1-25-11-4-2-10(3-5-11)16-18-15(19-27-16)9-26-14-7-6-12(28(17,23)24)8-13(14)20(21)22/h2-8H,9H2,1H3,(H2,17,23,24). The Bertz CT molecular complexity index is 1110. The van der Waals surface area contributed by atoms with E-state index >= 15 is 0 Å². The Morgan fingerprint density at radius 2 is 1.93 bits per heavy atom. The van der Waals surface area contributed by atoms with Gasteiger partial charge in [-0.15, -0.1) is 0 Å². The van der Waals surface area contributed by atoms with E-state index in [1.165, 1.54) is 0 Å². The van der Waals surface area contributed by atoms with Crippen molar-refractivity contribution in [1.29, 1.82) is 0 Å². The first kappa shape index (κ1) is 19.3. The van der Waals surface area contributed by atoms with Gasteiger partial charge in [0.1, 0.15) is 5.75 Å². The largest absolute Gasteiger partial charge is 0.497 e. The van der Waals surface area contributed by atoms with Crippen LogP contribution in [-0.2, 0) is 16.6 Å². The molecule has 0 amide bonds. The van der Waals surface area contributed by atoms with Gasteiger partial charge in [-0.3, -0.25) is 10.1 Å². The highest BCUT2D eigenvalue weighted by atomic mass is 32.2. The molecule has 0 saturated carbocycles. The number of ether oxygens (including phenoxy) is 2. The fraction of sp³-hybridized carbons (Fsp3) is 0.125. The van der Waals surface area contributed by atoms with Crippen LogP contribution in [0.5, 0.6) is 11.5 Å². The number of methoxy groups -OCH3 is 1. The number of hydrogen-bond acceptors (Lipinski definition) is 9. The van der Waals surface area contributed by atoms with Gasteiger partial charge in [0.2, 0.25) is 15.8 Å². The molecule has 0 spiro atoms. The van der Waals surface area contributed by atoms with Gasteiger partial charge < -0.3 is 14.0 Å². The highest BCUT2D eigenvalue weighted by Gasteiger charge is 2.21. The Morgan fingerprint density at radius 1 is 1.21 bits per heavy atom. The molecule has 28 heavy (non-hydrogen) atoms. The normalized spacial score (nSPS) is 11.2. The van der Waals surface area contributed by atoms with E-state index in [-0.39, 0.29) is 24.1 Å². The van der Waals surface area contributed by atoms with Gasteiger partial charge in [-0.25, -0.2) is 13.6 Å². The smallest absolute Gasteiger partial charge is 0.312 e. The number of rotatable bonds is 7. The molecule has 0 fully saturated rings. The molecule has 2 N–H and O–H groups in total. The highest BCUT2D eigenvalue weighted by molar-refractivity contribution is 7.89. The van der Waals surface area contributed by atoms with Crippen LogP contribution < -0.4 is 14.6 Å². The second-order valence-electron chi connectivity index (χ2n) is 5.46. The van der Waals surface area contributed by atoms with Crippen molar-refractivity contribution in [3.8, 4) is 23.0 Å². The number of hydrogen-bond donors (Lipinski definition) is 1. The maximum absolute atomic E-state index is 11.4. The average molecular weight is 406 g/mol. The molecule has 0 saturated heterocycles. The zero-order valence-corrected chi connectivity index (χ0v) is 15.3. The lowest BCUT2D eigenvalue weighted by Crippen LogP contribution is -2.12. The Morgan fingerprint density at radius 3 is 2.54 bits per heavy atom. The van der Waals surface area contributed by atoms with Crippen LogP contribution in [0.1, 0.15) is 5.82 Å². The van der Waals surface area contributed by atoms with Gasteiger partial charge in [-0.1, -0.05) is 5.16 Å². The minimum Gasteiger partial charge on any atom is -0.497 e. The predicted molar refractivity (Wildman–Crippen MR) is 95.1 cm³/mol. The maximum atomic E-state index is 11.4. The third kappa shape index (κ3) is 4.24. The van der Waals surface area contributed by atoms with E-state index in [9.17, 15) is 18.5 Å². The number of primary sulfonamides is 1. The number of aromatic nitrogens is 2. The lowest BCUT2D eigenvalue weighted by Gasteiger charge is -2.05. The van der Waals surface area contributed by atoms with E-state index in [2.05, 4.69) is 10.1 Å². The van der Waals surface area contributed by atoms with Crippen molar-refractivity contribution < 1.29 is 27.3 Å². The lowest BCUT2D eigenvalue weighted by atomic mass is 10.2. The van der Waals surface area contributed by atoms with Crippen LogP contribution in [0.25, 0.3) is 11.5 Å². The molecule has 0 atom stereocenters. The van der Waals surface area contributed by atoms with Crippen LogP contribution >= 0.6 is 0 Å². The molecule has 3 rings (SSSR count). The summed E-state index contributed by atoms with van der Waals surface area (Å²) < 4.78 is 38.3. The molecule has 0 bridgehead atoms. The third-order valence-corrected chi connectivity index (χ3v) is 4.53. The van der Waals surface area contributed by atoms with Gasteiger partial charge in [-0.2, -0.15) is 4.98 Å². The Balaban J connectivity index is 1.77. The molecule has 2 aromatic carbocycles. The quantitative estimate of drug-likeness (QED) is 0.456. The summed E-state index contributed by atoms with van der Waals surface area (Å²) in [5.74, 6) is 0.895. The average Bonchev–Trinajstić information content (AvgIpc) is 3.14. The number of nitro groups is 1. The zero-order valence-electron chi connectivity index (χ0n) is 14.4. The summed E-state index contributed by atoms with van der Waals surface area (Å²) in [5, 5.41) is 19.9. The molecule has 146 valence electrons. The molecule has 0 aliphatic carbocycles. The number of nitrogens with zero attached hydrogens (tertiary/aromatic N) is 3.